The number of hydrogen-bond acceptors (Lipinski definition) is 3. The Balaban J connectivity index is 2.59. The molecule has 1 atom stereocenters. The molecule has 0 spiro atoms. The van der Waals surface area contributed by atoms with E-state index in [0.29, 0.717) is 11.6 Å². The smallest absolute Gasteiger partial charge is 0.0343 e. The quantitative estimate of drug-likeness (QED) is 0.760. The fourth-order valence-electron chi connectivity index (χ4n) is 2.48. The van der Waals surface area contributed by atoms with Crippen LogP contribution in [-0.2, 0) is 0 Å². The number of hydrogen-bond donors (Lipinski definition) is 1. The van der Waals surface area contributed by atoms with Gasteiger partial charge in [0.1, 0.15) is 0 Å². The van der Waals surface area contributed by atoms with Crippen LogP contribution in [0.5, 0.6) is 0 Å². The molecule has 1 aliphatic heterocycles. The lowest BCUT2D eigenvalue weighted by Crippen LogP contribution is -2.63. The van der Waals surface area contributed by atoms with Gasteiger partial charge in [0.05, 0.1) is 0 Å². The van der Waals surface area contributed by atoms with Crippen LogP contribution in [0.15, 0.2) is 0 Å². The third-order valence-corrected chi connectivity index (χ3v) is 3.60. The third kappa shape index (κ3) is 3.16. The SMILES string of the molecule is CCCCN1CC(CN)N(C)CC1(C)C. The molecule has 1 rings (SSSR count). The van der Waals surface area contributed by atoms with Crippen LogP contribution in [0.3, 0.4) is 0 Å². The van der Waals surface area contributed by atoms with Crippen LogP contribution in [0, 0.1) is 0 Å². The predicted molar refractivity (Wildman–Crippen MR) is 66.0 cm³/mol. The van der Waals surface area contributed by atoms with Gasteiger partial charge in [-0.15, -0.1) is 0 Å². The van der Waals surface area contributed by atoms with E-state index in [4.69, 9.17) is 5.73 Å². The van der Waals surface area contributed by atoms with Gasteiger partial charge in [-0.25, -0.2) is 0 Å². The highest BCUT2D eigenvalue weighted by Gasteiger charge is 2.35. The van der Waals surface area contributed by atoms with Crippen LogP contribution in [0.2, 0.25) is 0 Å². The highest BCUT2D eigenvalue weighted by atomic mass is 15.3. The van der Waals surface area contributed by atoms with Crippen LogP contribution in [0.4, 0.5) is 0 Å². The average molecular weight is 213 g/mol. The summed E-state index contributed by atoms with van der Waals surface area (Å²) in [5.41, 5.74) is 6.11. The zero-order chi connectivity index (χ0) is 11.5. The van der Waals surface area contributed by atoms with Gasteiger partial charge >= 0.3 is 0 Å². The van der Waals surface area contributed by atoms with Crippen molar-refractivity contribution in [3.8, 4) is 0 Å². The Hall–Kier alpha value is -0.120. The van der Waals surface area contributed by atoms with Gasteiger partial charge in [0.15, 0.2) is 0 Å². The molecule has 3 nitrogen and oxygen atoms in total. The molecule has 0 saturated carbocycles. The first-order valence-corrected chi connectivity index (χ1v) is 6.16. The summed E-state index contributed by atoms with van der Waals surface area (Å²) in [4.78, 5) is 5.01. The van der Waals surface area contributed by atoms with Gasteiger partial charge in [-0.05, 0) is 33.9 Å². The molecule has 0 aromatic heterocycles. The summed E-state index contributed by atoms with van der Waals surface area (Å²) in [6, 6.07) is 0.537. The van der Waals surface area contributed by atoms with Crippen LogP contribution in [0.1, 0.15) is 33.6 Å². The second-order valence-corrected chi connectivity index (χ2v) is 5.42. The maximum absolute atomic E-state index is 5.80. The lowest BCUT2D eigenvalue weighted by Gasteiger charge is -2.50. The second kappa shape index (κ2) is 5.28. The van der Waals surface area contributed by atoms with Crippen LogP contribution in [0.25, 0.3) is 0 Å². The standard InChI is InChI=1S/C12H27N3/c1-5-6-7-15-9-11(8-13)14(4)10-12(15,2)3/h11H,5-10,13H2,1-4H3. The molecular weight excluding hydrogens is 186 g/mol. The molecule has 2 N–H and O–H groups in total. The zero-order valence-electron chi connectivity index (χ0n) is 10.8. The van der Waals surface area contributed by atoms with Gasteiger partial charge in [0.25, 0.3) is 0 Å². The molecule has 1 aliphatic rings. The Labute approximate surface area is 94.6 Å². The van der Waals surface area contributed by atoms with E-state index in [9.17, 15) is 0 Å². The van der Waals surface area contributed by atoms with Crippen molar-refractivity contribution in [3.63, 3.8) is 0 Å². The summed E-state index contributed by atoms with van der Waals surface area (Å²) >= 11 is 0. The van der Waals surface area contributed by atoms with E-state index in [1.54, 1.807) is 0 Å². The Bertz CT molecular complexity index is 191. The van der Waals surface area contributed by atoms with Crippen LogP contribution in [-0.4, -0.2) is 54.6 Å². The van der Waals surface area contributed by atoms with E-state index in [0.717, 1.165) is 19.6 Å². The molecule has 0 radical (unpaired) electrons. The Morgan fingerprint density at radius 1 is 1.40 bits per heavy atom. The van der Waals surface area contributed by atoms with Gasteiger partial charge in [0, 0.05) is 31.2 Å². The molecule has 1 heterocycles. The van der Waals surface area contributed by atoms with E-state index < -0.39 is 0 Å². The second-order valence-electron chi connectivity index (χ2n) is 5.42. The molecule has 1 fully saturated rings. The molecule has 3 heteroatoms. The molecule has 1 unspecified atom stereocenters. The van der Waals surface area contributed by atoms with Crippen molar-refractivity contribution >= 4 is 0 Å². The lowest BCUT2D eigenvalue weighted by atomic mass is 9.95. The lowest BCUT2D eigenvalue weighted by molar-refractivity contribution is -0.00254. The fraction of sp³-hybridized carbons (Fsp3) is 1.00. The number of rotatable bonds is 4. The minimum absolute atomic E-state index is 0.301. The van der Waals surface area contributed by atoms with Gasteiger partial charge in [-0.3, -0.25) is 9.80 Å². The highest BCUT2D eigenvalue weighted by molar-refractivity contribution is 4.93. The normalized spacial score (nSPS) is 28.2. The van der Waals surface area contributed by atoms with Gasteiger partial charge in [-0.2, -0.15) is 0 Å². The molecular formula is C12H27N3. The van der Waals surface area contributed by atoms with Crippen molar-refractivity contribution in [2.45, 2.75) is 45.2 Å². The van der Waals surface area contributed by atoms with E-state index in [1.807, 2.05) is 0 Å². The van der Waals surface area contributed by atoms with E-state index in [2.05, 4.69) is 37.6 Å². The van der Waals surface area contributed by atoms with Gasteiger partial charge in [-0.1, -0.05) is 13.3 Å². The maximum atomic E-state index is 5.80. The Morgan fingerprint density at radius 3 is 2.60 bits per heavy atom. The number of nitrogens with zero attached hydrogens (tertiary/aromatic N) is 2. The Morgan fingerprint density at radius 2 is 2.07 bits per heavy atom. The van der Waals surface area contributed by atoms with Crippen molar-refractivity contribution in [2.24, 2.45) is 5.73 Å². The molecule has 15 heavy (non-hydrogen) atoms. The van der Waals surface area contributed by atoms with Gasteiger partial charge < -0.3 is 5.73 Å². The fourth-order valence-corrected chi connectivity index (χ4v) is 2.48. The largest absolute Gasteiger partial charge is 0.329 e. The van der Waals surface area contributed by atoms with Crippen LogP contribution >= 0.6 is 0 Å². The maximum Gasteiger partial charge on any atom is 0.0343 e. The minimum Gasteiger partial charge on any atom is -0.329 e. The third-order valence-electron chi connectivity index (χ3n) is 3.60. The number of likely N-dealkylation sites (N-methyl/N-ethyl adjacent to an activating group) is 1. The average Bonchev–Trinajstić information content (AvgIpc) is 2.15. The Kier molecular flexibility index (Phi) is 4.56. The van der Waals surface area contributed by atoms with Crippen molar-refractivity contribution in [3.05, 3.63) is 0 Å². The van der Waals surface area contributed by atoms with Crippen molar-refractivity contribution < 1.29 is 0 Å². The topological polar surface area (TPSA) is 32.5 Å². The number of nitrogens with two attached hydrogens (primary N) is 1. The van der Waals surface area contributed by atoms with E-state index in [1.165, 1.54) is 19.4 Å². The summed E-state index contributed by atoms with van der Waals surface area (Å²) in [6.45, 7) is 11.2. The van der Waals surface area contributed by atoms with Crippen molar-refractivity contribution in [1.29, 1.82) is 0 Å². The van der Waals surface area contributed by atoms with E-state index >= 15 is 0 Å². The molecule has 0 aliphatic carbocycles. The number of piperazine rings is 1. The first-order chi connectivity index (χ1) is 7.01. The summed E-state index contributed by atoms with van der Waals surface area (Å²) in [5.74, 6) is 0. The molecule has 0 amide bonds. The molecule has 90 valence electrons. The highest BCUT2D eigenvalue weighted by Crippen LogP contribution is 2.23. The summed E-state index contributed by atoms with van der Waals surface area (Å²) < 4.78 is 0. The molecule has 0 aromatic carbocycles. The zero-order valence-corrected chi connectivity index (χ0v) is 10.8. The first kappa shape index (κ1) is 12.9. The monoisotopic (exact) mass is 213 g/mol. The molecule has 0 aromatic rings. The number of unbranched alkanes of at least 4 members (excludes halogenated alkanes) is 1. The van der Waals surface area contributed by atoms with E-state index in [-0.39, 0.29) is 0 Å². The summed E-state index contributed by atoms with van der Waals surface area (Å²) in [6.07, 6.45) is 2.57. The van der Waals surface area contributed by atoms with Gasteiger partial charge in [0.2, 0.25) is 0 Å². The van der Waals surface area contributed by atoms with Crippen LogP contribution < -0.4 is 5.73 Å². The predicted octanol–water partition coefficient (Wildman–Crippen LogP) is 1.14. The van der Waals surface area contributed by atoms with Crippen molar-refractivity contribution in [1.82, 2.24) is 9.80 Å². The minimum atomic E-state index is 0.301. The summed E-state index contributed by atoms with van der Waals surface area (Å²) in [5, 5.41) is 0. The molecule has 1 saturated heterocycles. The van der Waals surface area contributed by atoms with Crippen molar-refractivity contribution in [2.75, 3.05) is 33.2 Å². The first-order valence-electron chi connectivity index (χ1n) is 6.16. The summed E-state index contributed by atoms with van der Waals surface area (Å²) in [7, 11) is 2.19. The molecule has 0 bridgehead atoms.